The van der Waals surface area contributed by atoms with E-state index in [1.807, 2.05) is 0 Å². The van der Waals surface area contributed by atoms with Crippen LogP contribution in [0, 0.1) is 0 Å². The number of amides is 1. The first kappa shape index (κ1) is 12.9. The number of aliphatic carboxylic acids is 1. The number of rotatable bonds is 4. The van der Waals surface area contributed by atoms with E-state index in [1.165, 1.54) is 33.0 Å². The van der Waals surface area contributed by atoms with Crippen LogP contribution in [0.15, 0.2) is 12.1 Å². The number of anilines is 1. The van der Waals surface area contributed by atoms with E-state index in [9.17, 15) is 9.59 Å². The number of carboxylic acids is 1. The summed E-state index contributed by atoms with van der Waals surface area (Å²) in [6, 6.07) is 2.97. The lowest BCUT2D eigenvalue weighted by Gasteiger charge is -2.21. The minimum absolute atomic E-state index is 0.172. The third-order valence-electron chi connectivity index (χ3n) is 2.10. The number of carbonyl (C=O) groups excluding carboxylic acids is 1. The van der Waals surface area contributed by atoms with E-state index in [1.54, 1.807) is 0 Å². The average molecular weight is 238 g/mol. The minimum atomic E-state index is -1.15. The average Bonchev–Trinajstić information content (AvgIpc) is 2.28. The molecule has 1 aromatic rings. The summed E-state index contributed by atoms with van der Waals surface area (Å²) in [6.45, 7) is 3.01. The molecule has 0 radical (unpaired) electrons. The number of carboxylic acid groups (broad SMARTS) is 1. The van der Waals surface area contributed by atoms with E-state index in [-0.39, 0.29) is 11.6 Å². The second kappa shape index (κ2) is 4.77. The summed E-state index contributed by atoms with van der Waals surface area (Å²) in [5.74, 6) is -1.05. The van der Waals surface area contributed by atoms with Gasteiger partial charge in [0.1, 0.15) is 11.4 Å². The van der Waals surface area contributed by atoms with Crippen molar-refractivity contribution in [2.45, 2.75) is 19.4 Å². The molecule has 1 amide bonds. The van der Waals surface area contributed by atoms with Crippen molar-refractivity contribution >= 4 is 17.7 Å². The van der Waals surface area contributed by atoms with Crippen LogP contribution >= 0.6 is 0 Å². The maximum absolute atomic E-state index is 11.2. The van der Waals surface area contributed by atoms with Gasteiger partial charge >= 0.3 is 5.97 Å². The summed E-state index contributed by atoms with van der Waals surface area (Å²) in [5.41, 5.74) is -0.977. The third-order valence-corrected chi connectivity index (χ3v) is 2.10. The van der Waals surface area contributed by atoms with Crippen molar-refractivity contribution in [3.63, 3.8) is 0 Å². The van der Waals surface area contributed by atoms with Gasteiger partial charge < -0.3 is 15.7 Å². The van der Waals surface area contributed by atoms with Crippen LogP contribution < -0.4 is 10.6 Å². The number of hydrogen-bond donors (Lipinski definition) is 3. The lowest BCUT2D eigenvalue weighted by atomic mass is 10.1. The highest BCUT2D eigenvalue weighted by Gasteiger charge is 2.27. The van der Waals surface area contributed by atoms with E-state index in [2.05, 4.69) is 20.8 Å². The molecule has 0 saturated heterocycles. The van der Waals surface area contributed by atoms with Crippen LogP contribution in [0.2, 0.25) is 0 Å². The van der Waals surface area contributed by atoms with Crippen LogP contribution in [-0.4, -0.2) is 39.8 Å². The number of hydrogen-bond acceptors (Lipinski definition) is 5. The first-order valence-corrected chi connectivity index (χ1v) is 4.94. The van der Waals surface area contributed by atoms with E-state index in [4.69, 9.17) is 5.11 Å². The zero-order valence-corrected chi connectivity index (χ0v) is 9.81. The van der Waals surface area contributed by atoms with Crippen molar-refractivity contribution in [2.75, 3.05) is 12.4 Å². The SMILES string of the molecule is CNC(=O)c1ccc(NC(C)(C)C(=O)O)nn1. The zero-order valence-electron chi connectivity index (χ0n) is 9.81. The Morgan fingerprint density at radius 2 is 1.94 bits per heavy atom. The van der Waals surface area contributed by atoms with Crippen LogP contribution in [0.1, 0.15) is 24.3 Å². The highest BCUT2D eigenvalue weighted by Crippen LogP contribution is 2.12. The molecule has 3 N–H and O–H groups in total. The summed E-state index contributed by atoms with van der Waals surface area (Å²) in [4.78, 5) is 22.1. The van der Waals surface area contributed by atoms with E-state index >= 15 is 0 Å². The Morgan fingerprint density at radius 3 is 2.35 bits per heavy atom. The molecule has 0 bridgehead atoms. The number of nitrogens with zero attached hydrogens (tertiary/aromatic N) is 2. The molecule has 17 heavy (non-hydrogen) atoms. The minimum Gasteiger partial charge on any atom is -0.480 e. The fraction of sp³-hybridized carbons (Fsp3) is 0.400. The van der Waals surface area contributed by atoms with Crippen LogP contribution in [-0.2, 0) is 4.79 Å². The van der Waals surface area contributed by atoms with Gasteiger partial charge in [-0.2, -0.15) is 0 Å². The summed E-state index contributed by atoms with van der Waals surface area (Å²) in [5, 5.41) is 21.4. The van der Waals surface area contributed by atoms with Crippen molar-refractivity contribution in [3.8, 4) is 0 Å². The van der Waals surface area contributed by atoms with Gasteiger partial charge in [-0.15, -0.1) is 10.2 Å². The molecule has 92 valence electrons. The van der Waals surface area contributed by atoms with E-state index in [0.29, 0.717) is 5.82 Å². The van der Waals surface area contributed by atoms with E-state index in [0.717, 1.165) is 0 Å². The largest absolute Gasteiger partial charge is 0.480 e. The fourth-order valence-corrected chi connectivity index (χ4v) is 1.02. The Labute approximate surface area is 98.2 Å². The number of carbonyl (C=O) groups is 2. The monoisotopic (exact) mass is 238 g/mol. The molecule has 1 aromatic heterocycles. The Bertz CT molecular complexity index is 428. The lowest BCUT2D eigenvalue weighted by Crippen LogP contribution is -2.40. The standard InChI is InChI=1S/C10H14N4O3/c1-10(2,9(16)17)12-7-5-4-6(13-14-7)8(15)11-3/h4-5H,1-3H3,(H,11,15)(H,12,14)(H,16,17). The first-order chi connectivity index (χ1) is 7.86. The van der Waals surface area contributed by atoms with Gasteiger partial charge in [0.2, 0.25) is 0 Å². The second-order valence-electron chi connectivity index (χ2n) is 3.94. The van der Waals surface area contributed by atoms with Crippen LogP contribution in [0.3, 0.4) is 0 Å². The zero-order chi connectivity index (χ0) is 13.1. The molecule has 0 aliphatic rings. The molecule has 0 aliphatic carbocycles. The van der Waals surface area contributed by atoms with Crippen molar-refractivity contribution in [1.82, 2.24) is 15.5 Å². The maximum atomic E-state index is 11.2. The van der Waals surface area contributed by atoms with Crippen LogP contribution in [0.25, 0.3) is 0 Å². The molecule has 0 spiro atoms. The third kappa shape index (κ3) is 3.13. The number of nitrogens with one attached hydrogen (secondary N) is 2. The highest BCUT2D eigenvalue weighted by molar-refractivity contribution is 5.92. The molecule has 0 saturated carbocycles. The van der Waals surface area contributed by atoms with Gasteiger partial charge in [-0.3, -0.25) is 4.79 Å². The molecule has 7 heteroatoms. The lowest BCUT2D eigenvalue weighted by molar-refractivity contribution is -0.141. The predicted octanol–water partition coefficient (Wildman–Crippen LogP) is 0.111. The van der Waals surface area contributed by atoms with Gasteiger partial charge in [0, 0.05) is 7.05 Å². The molecular weight excluding hydrogens is 224 g/mol. The normalized spacial score (nSPS) is 10.8. The Morgan fingerprint density at radius 1 is 1.29 bits per heavy atom. The molecule has 7 nitrogen and oxygen atoms in total. The molecule has 0 fully saturated rings. The first-order valence-electron chi connectivity index (χ1n) is 4.94. The molecule has 1 heterocycles. The Balaban J connectivity index is 2.82. The van der Waals surface area contributed by atoms with E-state index < -0.39 is 11.5 Å². The van der Waals surface area contributed by atoms with Gasteiger partial charge in [0.15, 0.2) is 5.69 Å². The van der Waals surface area contributed by atoms with Gasteiger partial charge in [-0.25, -0.2) is 4.79 Å². The van der Waals surface area contributed by atoms with Gasteiger partial charge in [0.05, 0.1) is 0 Å². The smallest absolute Gasteiger partial charge is 0.328 e. The predicted molar refractivity (Wildman–Crippen MR) is 60.8 cm³/mol. The Hall–Kier alpha value is -2.18. The molecule has 0 unspecified atom stereocenters. The molecule has 1 rings (SSSR count). The summed E-state index contributed by atoms with van der Waals surface area (Å²) in [6.07, 6.45) is 0. The maximum Gasteiger partial charge on any atom is 0.328 e. The molecule has 0 aliphatic heterocycles. The van der Waals surface area contributed by atoms with Gasteiger partial charge in [-0.05, 0) is 26.0 Å². The molecular formula is C10H14N4O3. The summed E-state index contributed by atoms with van der Waals surface area (Å²) < 4.78 is 0. The van der Waals surface area contributed by atoms with Crippen molar-refractivity contribution in [2.24, 2.45) is 0 Å². The van der Waals surface area contributed by atoms with Gasteiger partial charge in [-0.1, -0.05) is 0 Å². The van der Waals surface area contributed by atoms with Crippen molar-refractivity contribution in [1.29, 1.82) is 0 Å². The highest BCUT2D eigenvalue weighted by atomic mass is 16.4. The second-order valence-corrected chi connectivity index (χ2v) is 3.94. The molecule has 0 aromatic carbocycles. The topological polar surface area (TPSA) is 104 Å². The Kier molecular flexibility index (Phi) is 3.62. The van der Waals surface area contributed by atoms with Crippen LogP contribution in [0.5, 0.6) is 0 Å². The summed E-state index contributed by atoms with van der Waals surface area (Å²) in [7, 11) is 1.49. The number of aromatic nitrogens is 2. The van der Waals surface area contributed by atoms with Crippen LogP contribution in [0.4, 0.5) is 5.82 Å². The molecule has 0 atom stereocenters. The summed E-state index contributed by atoms with van der Waals surface area (Å²) >= 11 is 0. The quantitative estimate of drug-likeness (QED) is 0.687. The van der Waals surface area contributed by atoms with Crippen molar-refractivity contribution in [3.05, 3.63) is 17.8 Å². The van der Waals surface area contributed by atoms with Gasteiger partial charge in [0.25, 0.3) is 5.91 Å². The van der Waals surface area contributed by atoms with Crippen molar-refractivity contribution < 1.29 is 14.7 Å². The fourth-order valence-electron chi connectivity index (χ4n) is 1.02.